The highest BCUT2D eigenvalue weighted by Crippen LogP contribution is 2.34. The average molecular weight is 390 g/mol. The van der Waals surface area contributed by atoms with Gasteiger partial charge in [-0.2, -0.15) is 0 Å². The molecule has 0 radical (unpaired) electrons. The predicted octanol–water partition coefficient (Wildman–Crippen LogP) is 4.98. The molecule has 3 aromatic carbocycles. The molecule has 0 bridgehead atoms. The van der Waals surface area contributed by atoms with Gasteiger partial charge in [0, 0.05) is 12.1 Å². The highest BCUT2D eigenvalue weighted by atomic mass is 32.2. The minimum atomic E-state index is -0.484. The van der Waals surface area contributed by atoms with Crippen LogP contribution in [0.2, 0.25) is 0 Å². The van der Waals surface area contributed by atoms with E-state index in [0.29, 0.717) is 10.5 Å². The standard InChI is InChI=1S/C21H14N2O4S/c24-20-19(12-14-8-10-17(11-9-14)23(26)27)28-21(25)22(20)13-16-6-3-5-15-4-1-2-7-18(15)16/h1-12H,13H2/b19-12+. The lowest BCUT2D eigenvalue weighted by Gasteiger charge is -2.14. The summed E-state index contributed by atoms with van der Waals surface area (Å²) in [5.41, 5.74) is 1.50. The molecule has 6 nitrogen and oxygen atoms in total. The fraction of sp³-hybridized carbons (Fsp3) is 0.0476. The Kier molecular flexibility index (Phi) is 4.67. The monoisotopic (exact) mass is 390 g/mol. The molecule has 28 heavy (non-hydrogen) atoms. The maximum atomic E-state index is 12.7. The van der Waals surface area contributed by atoms with E-state index in [-0.39, 0.29) is 23.4 Å². The van der Waals surface area contributed by atoms with Gasteiger partial charge in [-0.25, -0.2) is 0 Å². The number of thioether (sulfide) groups is 1. The van der Waals surface area contributed by atoms with Gasteiger partial charge >= 0.3 is 0 Å². The molecule has 0 aromatic heterocycles. The number of nitro benzene ring substituents is 1. The molecule has 7 heteroatoms. The zero-order valence-corrected chi connectivity index (χ0v) is 15.4. The van der Waals surface area contributed by atoms with E-state index < -0.39 is 4.92 Å². The van der Waals surface area contributed by atoms with Gasteiger partial charge in [0.2, 0.25) is 0 Å². The van der Waals surface area contributed by atoms with Gasteiger partial charge < -0.3 is 0 Å². The number of carbonyl (C=O) groups is 2. The van der Waals surface area contributed by atoms with E-state index >= 15 is 0 Å². The SMILES string of the molecule is O=C1S/C(=C/c2ccc([N+](=O)[O-])cc2)C(=O)N1Cc1cccc2ccccc12. The number of rotatable bonds is 4. The van der Waals surface area contributed by atoms with E-state index in [2.05, 4.69) is 0 Å². The summed E-state index contributed by atoms with van der Waals surface area (Å²) in [7, 11) is 0. The van der Waals surface area contributed by atoms with Crippen molar-refractivity contribution in [2.24, 2.45) is 0 Å². The van der Waals surface area contributed by atoms with Gasteiger partial charge in [-0.15, -0.1) is 0 Å². The summed E-state index contributed by atoms with van der Waals surface area (Å²) in [6.45, 7) is 0.198. The predicted molar refractivity (Wildman–Crippen MR) is 109 cm³/mol. The molecule has 1 aliphatic rings. The van der Waals surface area contributed by atoms with Crippen molar-refractivity contribution in [3.8, 4) is 0 Å². The van der Waals surface area contributed by atoms with E-state index in [1.165, 1.54) is 17.0 Å². The molecule has 1 heterocycles. The van der Waals surface area contributed by atoms with Crippen LogP contribution in [-0.2, 0) is 11.3 Å². The van der Waals surface area contributed by atoms with Gasteiger partial charge in [-0.05, 0) is 51.9 Å². The Balaban J connectivity index is 1.59. The lowest BCUT2D eigenvalue weighted by atomic mass is 10.0. The number of amides is 2. The molecular formula is C21H14N2O4S. The third-order valence-corrected chi connectivity index (χ3v) is 5.39. The van der Waals surface area contributed by atoms with Gasteiger partial charge in [0.25, 0.3) is 16.8 Å². The van der Waals surface area contributed by atoms with Crippen molar-refractivity contribution in [1.29, 1.82) is 0 Å². The molecule has 2 amide bonds. The molecule has 1 saturated heterocycles. The molecule has 0 N–H and O–H groups in total. The van der Waals surface area contributed by atoms with Gasteiger partial charge in [0.05, 0.1) is 16.4 Å². The summed E-state index contributed by atoms with van der Waals surface area (Å²) >= 11 is 0.876. The first kappa shape index (κ1) is 17.9. The smallest absolute Gasteiger partial charge is 0.268 e. The summed E-state index contributed by atoms with van der Waals surface area (Å²) in [6.07, 6.45) is 1.58. The van der Waals surface area contributed by atoms with Crippen molar-refractivity contribution in [2.75, 3.05) is 0 Å². The van der Waals surface area contributed by atoms with Gasteiger partial charge in [-0.1, -0.05) is 42.5 Å². The molecule has 4 rings (SSSR count). The highest BCUT2D eigenvalue weighted by molar-refractivity contribution is 8.18. The molecule has 0 atom stereocenters. The molecule has 0 saturated carbocycles. The van der Waals surface area contributed by atoms with Gasteiger partial charge in [0.1, 0.15) is 0 Å². The molecule has 0 aliphatic carbocycles. The lowest BCUT2D eigenvalue weighted by molar-refractivity contribution is -0.384. The largest absolute Gasteiger partial charge is 0.293 e. The van der Waals surface area contributed by atoms with Gasteiger partial charge in [0.15, 0.2) is 0 Å². The summed E-state index contributed by atoms with van der Waals surface area (Å²) in [5.74, 6) is -0.360. The molecule has 0 spiro atoms. The van der Waals surface area contributed by atoms with Crippen molar-refractivity contribution in [3.63, 3.8) is 0 Å². The third-order valence-electron chi connectivity index (χ3n) is 4.48. The molecule has 0 unspecified atom stereocenters. The number of non-ortho nitro benzene ring substituents is 1. The molecule has 1 fully saturated rings. The second-order valence-electron chi connectivity index (χ2n) is 6.25. The number of imide groups is 1. The maximum Gasteiger partial charge on any atom is 0.293 e. The Labute approximate surface area is 164 Å². The van der Waals surface area contributed by atoms with Crippen LogP contribution in [0.1, 0.15) is 11.1 Å². The van der Waals surface area contributed by atoms with Crippen molar-refractivity contribution in [1.82, 2.24) is 4.90 Å². The first-order valence-corrected chi connectivity index (χ1v) is 9.31. The molecular weight excluding hydrogens is 376 g/mol. The second-order valence-corrected chi connectivity index (χ2v) is 7.25. The van der Waals surface area contributed by atoms with Crippen molar-refractivity contribution in [2.45, 2.75) is 6.54 Å². The number of fused-ring (bicyclic) bond motifs is 1. The minimum absolute atomic E-state index is 0.0267. The lowest BCUT2D eigenvalue weighted by Crippen LogP contribution is -2.27. The Hall–Kier alpha value is -3.45. The van der Waals surface area contributed by atoms with Crippen LogP contribution < -0.4 is 0 Å². The topological polar surface area (TPSA) is 80.5 Å². The van der Waals surface area contributed by atoms with Crippen molar-refractivity contribution < 1.29 is 14.5 Å². The third kappa shape index (κ3) is 3.39. The minimum Gasteiger partial charge on any atom is -0.268 e. The average Bonchev–Trinajstić information content (AvgIpc) is 2.96. The quantitative estimate of drug-likeness (QED) is 0.356. The van der Waals surface area contributed by atoms with Gasteiger partial charge in [-0.3, -0.25) is 24.6 Å². The fourth-order valence-electron chi connectivity index (χ4n) is 3.08. The highest BCUT2D eigenvalue weighted by Gasteiger charge is 2.35. The molecule has 138 valence electrons. The zero-order valence-electron chi connectivity index (χ0n) is 14.6. The van der Waals surface area contributed by atoms with E-state index in [4.69, 9.17) is 0 Å². The molecule has 3 aromatic rings. The number of benzene rings is 3. The van der Waals surface area contributed by atoms with Crippen molar-refractivity contribution >= 4 is 45.4 Å². The van der Waals surface area contributed by atoms with Crippen LogP contribution in [0.15, 0.2) is 71.6 Å². The Morgan fingerprint density at radius 1 is 0.964 bits per heavy atom. The van der Waals surface area contributed by atoms with Crippen LogP contribution in [0.25, 0.3) is 16.8 Å². The van der Waals surface area contributed by atoms with Crippen LogP contribution in [0.4, 0.5) is 10.5 Å². The van der Waals surface area contributed by atoms with Crippen LogP contribution in [0, 0.1) is 10.1 Å². The maximum absolute atomic E-state index is 12.7. The Morgan fingerprint density at radius 2 is 1.68 bits per heavy atom. The van der Waals surface area contributed by atoms with Crippen LogP contribution in [-0.4, -0.2) is 21.0 Å². The Bertz CT molecular complexity index is 1130. The number of hydrogen-bond acceptors (Lipinski definition) is 5. The summed E-state index contributed by atoms with van der Waals surface area (Å²) in [5, 5.41) is 12.5. The summed E-state index contributed by atoms with van der Waals surface area (Å²) < 4.78 is 0. The first-order valence-electron chi connectivity index (χ1n) is 8.49. The molecule has 1 aliphatic heterocycles. The number of nitro groups is 1. The van der Waals surface area contributed by atoms with Crippen LogP contribution >= 0.6 is 11.8 Å². The number of hydrogen-bond donors (Lipinski definition) is 0. The zero-order chi connectivity index (χ0) is 19.7. The van der Waals surface area contributed by atoms with Crippen molar-refractivity contribution in [3.05, 3.63) is 92.9 Å². The van der Waals surface area contributed by atoms with E-state index in [1.807, 2.05) is 42.5 Å². The van der Waals surface area contributed by atoms with E-state index in [9.17, 15) is 19.7 Å². The van der Waals surface area contributed by atoms with Crippen LogP contribution in [0.5, 0.6) is 0 Å². The summed E-state index contributed by atoms with van der Waals surface area (Å²) in [4.78, 5) is 36.9. The Morgan fingerprint density at radius 3 is 2.43 bits per heavy atom. The van der Waals surface area contributed by atoms with E-state index in [1.54, 1.807) is 18.2 Å². The number of nitrogens with zero attached hydrogens (tertiary/aromatic N) is 2. The second kappa shape index (κ2) is 7.28. The normalized spacial score (nSPS) is 15.6. The fourth-order valence-corrected chi connectivity index (χ4v) is 3.92. The van der Waals surface area contributed by atoms with E-state index in [0.717, 1.165) is 28.1 Å². The number of carbonyl (C=O) groups excluding carboxylic acids is 2. The van der Waals surface area contributed by atoms with Crippen LogP contribution in [0.3, 0.4) is 0 Å². The summed E-state index contributed by atoms with van der Waals surface area (Å²) in [6, 6.07) is 19.5. The first-order chi connectivity index (χ1) is 13.5.